The number of rotatable bonds is 7. The molecule has 0 saturated heterocycles. The van der Waals surface area contributed by atoms with Crippen molar-refractivity contribution in [2.45, 2.75) is 65.2 Å². The fourth-order valence-electron chi connectivity index (χ4n) is 2.92. The third-order valence-corrected chi connectivity index (χ3v) is 4.53. The minimum absolute atomic E-state index is 0.170. The van der Waals surface area contributed by atoms with Gasteiger partial charge < -0.3 is 10.8 Å². The van der Waals surface area contributed by atoms with E-state index < -0.39 is 0 Å². The molecule has 2 atom stereocenters. The van der Waals surface area contributed by atoms with Crippen LogP contribution in [-0.4, -0.2) is 18.3 Å². The van der Waals surface area contributed by atoms with Crippen molar-refractivity contribution >= 4 is 0 Å². The van der Waals surface area contributed by atoms with Gasteiger partial charge in [-0.1, -0.05) is 52.8 Å². The van der Waals surface area contributed by atoms with E-state index in [1.807, 2.05) is 0 Å². The number of nitrogens with two attached hydrogens (primary N) is 1. The number of aliphatic hydroxyl groups excluding tert-OH is 1. The highest BCUT2D eigenvalue weighted by atomic mass is 16.3. The molecule has 0 radical (unpaired) electrons. The lowest BCUT2D eigenvalue weighted by atomic mass is 9.79. The molecule has 0 aromatic heterocycles. The van der Waals surface area contributed by atoms with Gasteiger partial charge in [0.15, 0.2) is 0 Å². The second-order valence-electron chi connectivity index (χ2n) is 7.14. The lowest BCUT2D eigenvalue weighted by Crippen LogP contribution is -2.21. The van der Waals surface area contributed by atoms with Crippen molar-refractivity contribution in [1.82, 2.24) is 0 Å². The first-order valence-electron chi connectivity index (χ1n) is 8.31. The number of aryl methyl sites for hydroxylation is 1. The fourth-order valence-corrected chi connectivity index (χ4v) is 2.92. The second kappa shape index (κ2) is 7.95. The summed E-state index contributed by atoms with van der Waals surface area (Å²) in [5, 5.41) is 9.45. The summed E-state index contributed by atoms with van der Waals surface area (Å²) in [4.78, 5) is 0. The molecule has 0 bridgehead atoms. The van der Waals surface area contributed by atoms with E-state index in [4.69, 9.17) is 5.73 Å². The average Bonchev–Trinajstić information content (AvgIpc) is 2.47. The molecule has 1 aromatic rings. The van der Waals surface area contributed by atoms with Gasteiger partial charge in [0, 0.05) is 6.61 Å². The average molecular weight is 291 g/mol. The Morgan fingerprint density at radius 3 is 2.29 bits per heavy atom. The van der Waals surface area contributed by atoms with Crippen molar-refractivity contribution in [1.29, 1.82) is 0 Å². The summed E-state index contributed by atoms with van der Waals surface area (Å²) in [6.07, 6.45) is 3.13. The summed E-state index contributed by atoms with van der Waals surface area (Å²) < 4.78 is 0. The van der Waals surface area contributed by atoms with Crippen molar-refractivity contribution in [3.8, 4) is 0 Å². The third-order valence-electron chi connectivity index (χ3n) is 4.53. The van der Waals surface area contributed by atoms with Gasteiger partial charge >= 0.3 is 0 Å². The summed E-state index contributed by atoms with van der Waals surface area (Å²) in [5.74, 6) is 0.695. The summed E-state index contributed by atoms with van der Waals surface area (Å²) in [6.45, 7) is 12.0. The largest absolute Gasteiger partial charge is 0.396 e. The Morgan fingerprint density at radius 1 is 1.19 bits per heavy atom. The van der Waals surface area contributed by atoms with Gasteiger partial charge in [0.2, 0.25) is 0 Å². The molecule has 120 valence electrons. The van der Waals surface area contributed by atoms with Crippen LogP contribution in [0.1, 0.15) is 70.1 Å². The van der Waals surface area contributed by atoms with Gasteiger partial charge in [-0.2, -0.15) is 0 Å². The molecule has 0 amide bonds. The standard InChI is InChI=1S/C19H33NO/c1-6-15-8-9-17(19(3,4)5)11-18(15)16(7-2)10-14(12-20)13-21/h8-9,11,14,16,21H,6-7,10,12-13,20H2,1-5H3. The minimum atomic E-state index is 0.170. The molecule has 21 heavy (non-hydrogen) atoms. The number of hydrogen-bond acceptors (Lipinski definition) is 2. The van der Waals surface area contributed by atoms with Crippen molar-refractivity contribution in [2.75, 3.05) is 13.2 Å². The summed E-state index contributed by atoms with van der Waals surface area (Å²) in [6, 6.07) is 6.94. The second-order valence-corrected chi connectivity index (χ2v) is 7.14. The molecular formula is C19H33NO. The van der Waals surface area contributed by atoms with E-state index in [2.05, 4.69) is 52.8 Å². The highest BCUT2D eigenvalue weighted by Gasteiger charge is 2.21. The number of hydrogen-bond donors (Lipinski definition) is 2. The molecular weight excluding hydrogens is 258 g/mol. The maximum atomic E-state index is 9.45. The van der Waals surface area contributed by atoms with Crippen molar-refractivity contribution < 1.29 is 5.11 Å². The van der Waals surface area contributed by atoms with Crippen LogP contribution in [0.5, 0.6) is 0 Å². The van der Waals surface area contributed by atoms with E-state index in [1.54, 1.807) is 0 Å². The first-order valence-corrected chi connectivity index (χ1v) is 8.31. The predicted octanol–water partition coefficient (Wildman–Crippen LogP) is 4.00. The van der Waals surface area contributed by atoms with E-state index in [9.17, 15) is 5.11 Å². The summed E-state index contributed by atoms with van der Waals surface area (Å²) >= 11 is 0. The predicted molar refractivity (Wildman–Crippen MR) is 91.8 cm³/mol. The molecule has 0 fully saturated rings. The van der Waals surface area contributed by atoms with Crippen LogP contribution in [0.25, 0.3) is 0 Å². The Morgan fingerprint density at radius 2 is 1.86 bits per heavy atom. The first kappa shape index (κ1) is 18.2. The maximum absolute atomic E-state index is 9.45. The van der Waals surface area contributed by atoms with Crippen LogP contribution in [0, 0.1) is 5.92 Å². The van der Waals surface area contributed by atoms with Crippen LogP contribution >= 0.6 is 0 Å². The van der Waals surface area contributed by atoms with Gasteiger partial charge in [-0.05, 0) is 59.7 Å². The maximum Gasteiger partial charge on any atom is 0.0471 e. The highest BCUT2D eigenvalue weighted by molar-refractivity contribution is 5.37. The fraction of sp³-hybridized carbons (Fsp3) is 0.684. The lowest BCUT2D eigenvalue weighted by Gasteiger charge is -2.26. The van der Waals surface area contributed by atoms with E-state index in [-0.39, 0.29) is 17.9 Å². The van der Waals surface area contributed by atoms with Crippen LogP contribution in [0.2, 0.25) is 0 Å². The smallest absolute Gasteiger partial charge is 0.0471 e. The molecule has 2 nitrogen and oxygen atoms in total. The van der Waals surface area contributed by atoms with Gasteiger partial charge in [0.1, 0.15) is 0 Å². The normalized spacial score (nSPS) is 15.0. The Kier molecular flexibility index (Phi) is 6.89. The molecule has 0 saturated carbocycles. The quantitative estimate of drug-likeness (QED) is 0.797. The van der Waals surface area contributed by atoms with Gasteiger partial charge in [0.05, 0.1) is 0 Å². The van der Waals surface area contributed by atoms with Crippen molar-refractivity contribution in [2.24, 2.45) is 11.7 Å². The zero-order chi connectivity index (χ0) is 16.0. The SMILES string of the molecule is CCc1ccc(C(C)(C)C)cc1C(CC)CC(CN)CO. The van der Waals surface area contributed by atoms with E-state index in [0.29, 0.717) is 12.5 Å². The van der Waals surface area contributed by atoms with Crippen molar-refractivity contribution in [3.63, 3.8) is 0 Å². The van der Waals surface area contributed by atoms with Gasteiger partial charge in [-0.3, -0.25) is 0 Å². The number of benzene rings is 1. The summed E-state index contributed by atoms with van der Waals surface area (Å²) in [7, 11) is 0. The molecule has 0 spiro atoms. The van der Waals surface area contributed by atoms with Gasteiger partial charge in [-0.15, -0.1) is 0 Å². The molecule has 1 rings (SSSR count). The Balaban J connectivity index is 3.16. The lowest BCUT2D eigenvalue weighted by molar-refractivity contribution is 0.214. The zero-order valence-electron chi connectivity index (χ0n) is 14.4. The van der Waals surface area contributed by atoms with Gasteiger partial charge in [0.25, 0.3) is 0 Å². The zero-order valence-corrected chi connectivity index (χ0v) is 14.4. The van der Waals surface area contributed by atoms with E-state index >= 15 is 0 Å². The molecule has 0 aliphatic carbocycles. The van der Waals surface area contributed by atoms with Crippen LogP contribution in [0.15, 0.2) is 18.2 Å². The highest BCUT2D eigenvalue weighted by Crippen LogP contribution is 2.33. The Bertz CT molecular complexity index is 430. The molecule has 2 unspecified atom stereocenters. The van der Waals surface area contributed by atoms with Crippen LogP contribution in [0.3, 0.4) is 0 Å². The molecule has 2 heteroatoms. The van der Waals surface area contributed by atoms with Crippen LogP contribution < -0.4 is 5.73 Å². The van der Waals surface area contributed by atoms with Crippen molar-refractivity contribution in [3.05, 3.63) is 34.9 Å². The van der Waals surface area contributed by atoms with Gasteiger partial charge in [-0.25, -0.2) is 0 Å². The molecule has 3 N–H and O–H groups in total. The van der Waals surface area contributed by atoms with E-state index in [0.717, 1.165) is 19.3 Å². The first-order chi connectivity index (χ1) is 9.87. The van der Waals surface area contributed by atoms with E-state index in [1.165, 1.54) is 16.7 Å². The molecule has 0 aliphatic rings. The molecule has 0 heterocycles. The molecule has 0 aliphatic heterocycles. The molecule has 1 aromatic carbocycles. The number of aliphatic hydroxyl groups is 1. The summed E-state index contributed by atoms with van der Waals surface area (Å²) in [5.41, 5.74) is 10.2. The van der Waals surface area contributed by atoms with Crippen LogP contribution in [-0.2, 0) is 11.8 Å². The van der Waals surface area contributed by atoms with Crippen LogP contribution in [0.4, 0.5) is 0 Å². The monoisotopic (exact) mass is 291 g/mol. The topological polar surface area (TPSA) is 46.2 Å². The minimum Gasteiger partial charge on any atom is -0.396 e. The Hall–Kier alpha value is -0.860. The Labute approximate surface area is 130 Å². The third kappa shape index (κ3) is 4.82.